The minimum atomic E-state index is -0.400. The monoisotopic (exact) mass is 1230 g/mol. The van der Waals surface area contributed by atoms with Crippen LogP contribution in [0.5, 0.6) is 0 Å². The molecule has 25 nitrogen and oxygen atoms in total. The van der Waals surface area contributed by atoms with Crippen molar-refractivity contribution in [2.24, 2.45) is 0 Å². The molecule has 6 aliphatic heterocycles. The van der Waals surface area contributed by atoms with Crippen LogP contribution in [-0.2, 0) is 28.4 Å². The van der Waals surface area contributed by atoms with Gasteiger partial charge in [0.2, 0.25) is 17.8 Å². The van der Waals surface area contributed by atoms with E-state index in [4.69, 9.17) is 85.6 Å². The maximum Gasteiger partial charge on any atom is 0.270 e. The molecule has 8 aromatic rings. The number of nitro groups is 1. The van der Waals surface area contributed by atoms with Crippen molar-refractivity contribution >= 4 is 91.4 Å². The summed E-state index contributed by atoms with van der Waals surface area (Å²) in [6, 6.07) is 27.2. The maximum atomic E-state index is 11.2. The highest BCUT2D eigenvalue weighted by Crippen LogP contribution is 2.35. The first kappa shape index (κ1) is 61.2. The van der Waals surface area contributed by atoms with Gasteiger partial charge in [-0.25, -0.2) is 15.0 Å². The van der Waals surface area contributed by atoms with Crippen LogP contribution in [0, 0.1) is 10.1 Å². The van der Waals surface area contributed by atoms with E-state index >= 15 is 0 Å². The predicted octanol–water partition coefficient (Wildman–Crippen LogP) is 7.90. The fourth-order valence-electron chi connectivity index (χ4n) is 12.0. The van der Waals surface area contributed by atoms with Crippen LogP contribution in [0.3, 0.4) is 0 Å². The Bertz CT molecular complexity index is 3820. The lowest BCUT2D eigenvalue weighted by Gasteiger charge is -2.37. The number of non-ortho nitro benzene ring substituents is 1. The standard InChI is InChI=1S/C23H26N6O4.C23H28N6O2.C17H22ClN5O2/c1-15-13-32-10-8-27(15)22-19-6-7-20(17-4-3-5-18(12-17)29(30)31)24-21(19)25-23(26-22)28-9-11-33-14-16(28)2;1-15-13-30-10-8-28(15)22-19-6-7-20(17-4-3-5-18(24)12-17)25-21(19)26-23(27-22)29-9-11-31-14-16(29)2;1-11-9-24-7-5-22(11)16-13-3-4-14(18)19-15(13)20-17(21-16)23-6-8-25-10-12(23)2/h3-7,12,15-16H,8-11,13-14H2,1-2H3;3-7,12,15-16H,8-11,13-14,24H2,1-2H3;3-4,11-12H,5-10H2,1-2H3/t2*15-,16-;11-,12-/m000/s1. The number of aromatic nitrogens is 9. The number of halogens is 1. The van der Waals surface area contributed by atoms with Crippen molar-refractivity contribution in [1.82, 2.24) is 44.9 Å². The lowest BCUT2D eigenvalue weighted by molar-refractivity contribution is -0.384. The third-order valence-electron chi connectivity index (χ3n) is 16.9. The summed E-state index contributed by atoms with van der Waals surface area (Å²) in [6.07, 6.45) is 0. The number of anilines is 7. The molecule has 0 bridgehead atoms. The molecule has 6 aliphatic rings. The Balaban J connectivity index is 0.000000131. The summed E-state index contributed by atoms with van der Waals surface area (Å²) < 4.78 is 33.6. The van der Waals surface area contributed by atoms with Gasteiger partial charge in [0.05, 0.1) is 148 Å². The Morgan fingerprint density at radius 2 is 0.764 bits per heavy atom. The van der Waals surface area contributed by atoms with Gasteiger partial charge in [-0.2, -0.15) is 29.9 Å². The number of ether oxygens (including phenoxy) is 6. The number of rotatable bonds is 9. The average Bonchev–Trinajstić information content (AvgIpc) is 1.50. The van der Waals surface area contributed by atoms with Crippen LogP contribution in [0.15, 0.2) is 84.9 Å². The van der Waals surface area contributed by atoms with E-state index in [2.05, 4.69) is 82.0 Å². The first-order chi connectivity index (χ1) is 43.2. The molecule has 468 valence electrons. The average molecular weight is 1230 g/mol. The van der Waals surface area contributed by atoms with Crippen LogP contribution in [0.2, 0.25) is 5.15 Å². The summed E-state index contributed by atoms with van der Waals surface area (Å²) in [5, 5.41) is 14.4. The van der Waals surface area contributed by atoms with Crippen molar-refractivity contribution in [3.05, 3.63) is 100 Å². The van der Waals surface area contributed by atoms with Crippen LogP contribution >= 0.6 is 11.6 Å². The van der Waals surface area contributed by atoms with Crippen LogP contribution in [0.25, 0.3) is 55.6 Å². The van der Waals surface area contributed by atoms with E-state index in [1.807, 2.05) is 54.6 Å². The van der Waals surface area contributed by atoms with Gasteiger partial charge < -0.3 is 63.6 Å². The minimum Gasteiger partial charge on any atom is -0.399 e. The number of nitrogen functional groups attached to an aromatic ring is 1. The van der Waals surface area contributed by atoms with Crippen molar-refractivity contribution in [2.45, 2.75) is 77.8 Å². The van der Waals surface area contributed by atoms with Gasteiger partial charge in [-0.05, 0) is 90.1 Å². The zero-order valence-corrected chi connectivity index (χ0v) is 51.9. The fourth-order valence-corrected chi connectivity index (χ4v) is 12.1. The molecule has 12 heterocycles. The van der Waals surface area contributed by atoms with E-state index in [9.17, 15) is 10.1 Å². The summed E-state index contributed by atoms with van der Waals surface area (Å²) in [5.74, 6) is 4.67. The second-order valence-corrected chi connectivity index (χ2v) is 23.7. The SMILES string of the molecule is C[C@H]1COCCN1c1nc(N2CCOC[C@@H]2C)c2ccc(-c3cccc(N)c3)nc2n1.C[C@H]1COCCN1c1nc(N2CCOC[C@@H]2C)c2ccc(-c3cccc([N+](=O)[O-])c3)nc2n1.C[C@H]1COCCN1c1nc(N2CCOC[C@@H]2C)c2ccc(Cl)nc2n1. The van der Waals surface area contributed by atoms with Gasteiger partial charge >= 0.3 is 0 Å². The van der Waals surface area contributed by atoms with Gasteiger partial charge in [0.15, 0.2) is 16.9 Å². The van der Waals surface area contributed by atoms with E-state index in [-0.39, 0.29) is 41.9 Å². The van der Waals surface area contributed by atoms with Gasteiger partial charge in [0.25, 0.3) is 5.69 Å². The second kappa shape index (κ2) is 27.4. The van der Waals surface area contributed by atoms with Crippen molar-refractivity contribution in [2.75, 3.05) is 154 Å². The van der Waals surface area contributed by atoms with E-state index in [0.29, 0.717) is 143 Å². The largest absolute Gasteiger partial charge is 0.399 e. The summed E-state index contributed by atoms with van der Waals surface area (Å²) in [7, 11) is 0. The number of morpholine rings is 6. The minimum absolute atomic E-state index is 0.0303. The summed E-state index contributed by atoms with van der Waals surface area (Å²) in [6.45, 7) is 25.3. The first-order valence-corrected chi connectivity index (χ1v) is 31.0. The Kier molecular flexibility index (Phi) is 18.8. The summed E-state index contributed by atoms with van der Waals surface area (Å²) >= 11 is 6.11. The Morgan fingerprint density at radius 1 is 0.427 bits per heavy atom. The van der Waals surface area contributed by atoms with Crippen molar-refractivity contribution in [3.63, 3.8) is 0 Å². The molecule has 14 rings (SSSR count). The summed E-state index contributed by atoms with van der Waals surface area (Å²) in [5.41, 5.74) is 11.8. The number of nitrogens with two attached hydrogens (primary N) is 1. The Labute approximate surface area is 521 Å². The Hall–Kier alpha value is -8.04. The Morgan fingerprint density at radius 3 is 1.12 bits per heavy atom. The number of fused-ring (bicyclic) bond motifs is 3. The van der Waals surface area contributed by atoms with Crippen molar-refractivity contribution in [3.8, 4) is 22.5 Å². The van der Waals surface area contributed by atoms with Gasteiger partial charge in [-0.15, -0.1) is 0 Å². The number of hydrogen-bond donors (Lipinski definition) is 1. The van der Waals surface area contributed by atoms with E-state index in [1.165, 1.54) is 12.1 Å². The fraction of sp³-hybridized carbons (Fsp3) is 0.476. The number of nitrogens with zero attached hydrogens (tertiary/aromatic N) is 16. The normalized spacial score (nSPS) is 22.6. The molecule has 2 N–H and O–H groups in total. The van der Waals surface area contributed by atoms with Gasteiger partial charge in [-0.1, -0.05) is 35.9 Å². The molecule has 0 aliphatic carbocycles. The number of benzene rings is 2. The molecular weight excluding hydrogens is 1160 g/mol. The molecule has 6 fully saturated rings. The molecule has 0 spiro atoms. The first-order valence-electron chi connectivity index (χ1n) is 30.6. The second-order valence-electron chi connectivity index (χ2n) is 23.3. The predicted molar refractivity (Wildman–Crippen MR) is 345 cm³/mol. The molecule has 2 aromatic carbocycles. The molecule has 0 unspecified atom stereocenters. The van der Waals surface area contributed by atoms with Crippen molar-refractivity contribution in [1.29, 1.82) is 0 Å². The van der Waals surface area contributed by atoms with Gasteiger partial charge in [0.1, 0.15) is 22.6 Å². The van der Waals surface area contributed by atoms with Crippen LogP contribution < -0.4 is 35.1 Å². The maximum absolute atomic E-state index is 11.2. The molecule has 0 radical (unpaired) electrons. The zero-order valence-electron chi connectivity index (χ0n) is 51.2. The molecule has 0 saturated carbocycles. The highest BCUT2D eigenvalue weighted by atomic mass is 35.5. The molecule has 26 heteroatoms. The molecular formula is C63H76ClN17O8. The van der Waals surface area contributed by atoms with Gasteiger partial charge in [-0.3, -0.25) is 10.1 Å². The lowest BCUT2D eigenvalue weighted by atomic mass is 10.1. The van der Waals surface area contributed by atoms with Crippen molar-refractivity contribution < 1.29 is 33.3 Å². The zero-order chi connectivity index (χ0) is 61.7. The van der Waals surface area contributed by atoms with E-state index in [0.717, 1.165) is 77.6 Å². The number of hydrogen-bond acceptors (Lipinski definition) is 24. The lowest BCUT2D eigenvalue weighted by Crippen LogP contribution is -2.46. The molecule has 6 saturated heterocycles. The van der Waals surface area contributed by atoms with Crippen LogP contribution in [0.4, 0.5) is 46.7 Å². The highest BCUT2D eigenvalue weighted by Gasteiger charge is 2.32. The van der Waals surface area contributed by atoms with E-state index < -0.39 is 4.92 Å². The summed E-state index contributed by atoms with van der Waals surface area (Å²) in [4.78, 5) is 67.8. The third kappa shape index (κ3) is 13.6. The van der Waals surface area contributed by atoms with Crippen LogP contribution in [-0.4, -0.2) is 205 Å². The highest BCUT2D eigenvalue weighted by molar-refractivity contribution is 6.29. The number of pyridine rings is 3. The molecule has 6 atom stereocenters. The smallest absolute Gasteiger partial charge is 0.270 e. The van der Waals surface area contributed by atoms with Crippen LogP contribution in [0.1, 0.15) is 41.5 Å². The quantitative estimate of drug-likeness (QED) is 0.0623. The third-order valence-corrected chi connectivity index (χ3v) is 17.1. The molecule has 6 aromatic heterocycles. The van der Waals surface area contributed by atoms with Gasteiger partial charge in [0, 0.05) is 68.2 Å². The number of nitro benzene ring substituents is 1. The molecule has 89 heavy (non-hydrogen) atoms. The molecule has 0 amide bonds. The van der Waals surface area contributed by atoms with E-state index in [1.54, 1.807) is 12.1 Å². The topological polar surface area (TPSA) is 260 Å².